The quantitative estimate of drug-likeness (QED) is 0.826. The number of hydrogen-bond donors (Lipinski definition) is 1. The van der Waals surface area contributed by atoms with Crippen LogP contribution in [0.2, 0.25) is 0 Å². The van der Waals surface area contributed by atoms with Gasteiger partial charge in [-0.05, 0) is 22.8 Å². The average Bonchev–Trinajstić information content (AvgIpc) is 2.26. The molecule has 1 aromatic carbocycles. The minimum Gasteiger partial charge on any atom is -0.323 e. The van der Waals surface area contributed by atoms with E-state index in [2.05, 4.69) is 45.0 Å². The lowest BCUT2D eigenvalue weighted by Crippen LogP contribution is -2.13. The van der Waals surface area contributed by atoms with Crippen molar-refractivity contribution in [2.24, 2.45) is 5.73 Å². The zero-order valence-electron chi connectivity index (χ0n) is 9.86. The molecule has 0 saturated carbocycles. The van der Waals surface area contributed by atoms with E-state index >= 15 is 0 Å². The third-order valence-electron chi connectivity index (χ3n) is 2.53. The van der Waals surface area contributed by atoms with Crippen LogP contribution in [0.5, 0.6) is 0 Å². The SMILES string of the molecule is CCSCC(N)c1ccc(C(C)C)cc1. The molecule has 15 heavy (non-hydrogen) atoms. The third kappa shape index (κ3) is 3.88. The van der Waals surface area contributed by atoms with Crippen molar-refractivity contribution in [3.05, 3.63) is 35.4 Å². The van der Waals surface area contributed by atoms with Crippen LogP contribution in [0.1, 0.15) is 43.9 Å². The van der Waals surface area contributed by atoms with Crippen LogP contribution in [0.15, 0.2) is 24.3 Å². The lowest BCUT2D eigenvalue weighted by Gasteiger charge is -2.12. The van der Waals surface area contributed by atoms with Crippen LogP contribution in [0.3, 0.4) is 0 Å². The van der Waals surface area contributed by atoms with E-state index in [4.69, 9.17) is 5.73 Å². The molecule has 0 aliphatic heterocycles. The first-order valence-corrected chi connectivity index (χ1v) is 6.73. The van der Waals surface area contributed by atoms with E-state index < -0.39 is 0 Å². The van der Waals surface area contributed by atoms with Gasteiger partial charge in [-0.1, -0.05) is 45.0 Å². The van der Waals surface area contributed by atoms with E-state index in [0.717, 1.165) is 11.5 Å². The highest BCUT2D eigenvalue weighted by Crippen LogP contribution is 2.19. The summed E-state index contributed by atoms with van der Waals surface area (Å²) in [5.41, 5.74) is 8.72. The first-order valence-electron chi connectivity index (χ1n) is 5.58. The Morgan fingerprint density at radius 2 is 1.67 bits per heavy atom. The van der Waals surface area contributed by atoms with Gasteiger partial charge in [0, 0.05) is 11.8 Å². The van der Waals surface area contributed by atoms with Crippen molar-refractivity contribution >= 4 is 11.8 Å². The summed E-state index contributed by atoms with van der Waals surface area (Å²) in [4.78, 5) is 0. The van der Waals surface area contributed by atoms with E-state index in [-0.39, 0.29) is 6.04 Å². The maximum absolute atomic E-state index is 6.09. The Balaban J connectivity index is 2.62. The van der Waals surface area contributed by atoms with Gasteiger partial charge in [-0.15, -0.1) is 0 Å². The van der Waals surface area contributed by atoms with Crippen LogP contribution in [-0.2, 0) is 0 Å². The highest BCUT2D eigenvalue weighted by Gasteiger charge is 2.06. The molecule has 0 spiro atoms. The zero-order valence-corrected chi connectivity index (χ0v) is 10.7. The molecule has 0 aliphatic rings. The molecule has 0 aliphatic carbocycles. The maximum atomic E-state index is 6.09. The average molecular weight is 223 g/mol. The standard InChI is InChI=1S/C13H21NS/c1-4-15-9-13(14)12-7-5-11(6-8-12)10(2)3/h5-8,10,13H,4,9,14H2,1-3H3. The molecule has 84 valence electrons. The summed E-state index contributed by atoms with van der Waals surface area (Å²) in [5, 5.41) is 0. The molecule has 0 radical (unpaired) electrons. The van der Waals surface area contributed by atoms with Crippen LogP contribution in [0.4, 0.5) is 0 Å². The Hall–Kier alpha value is -0.470. The first-order chi connectivity index (χ1) is 7.15. The summed E-state index contributed by atoms with van der Waals surface area (Å²) in [6.45, 7) is 6.59. The number of nitrogens with two attached hydrogens (primary N) is 1. The summed E-state index contributed by atoms with van der Waals surface area (Å²) < 4.78 is 0. The molecular formula is C13H21NS. The van der Waals surface area contributed by atoms with Crippen molar-refractivity contribution < 1.29 is 0 Å². The molecule has 0 saturated heterocycles. The summed E-state index contributed by atoms with van der Waals surface area (Å²) >= 11 is 1.90. The maximum Gasteiger partial charge on any atom is 0.0386 e. The number of thioether (sulfide) groups is 1. The molecule has 0 fully saturated rings. The molecule has 0 bridgehead atoms. The van der Waals surface area contributed by atoms with E-state index in [0.29, 0.717) is 5.92 Å². The van der Waals surface area contributed by atoms with Crippen LogP contribution in [0.25, 0.3) is 0 Å². The summed E-state index contributed by atoms with van der Waals surface area (Å²) in [7, 11) is 0. The van der Waals surface area contributed by atoms with E-state index in [1.54, 1.807) is 0 Å². The minimum absolute atomic E-state index is 0.177. The Morgan fingerprint density at radius 3 is 2.13 bits per heavy atom. The highest BCUT2D eigenvalue weighted by molar-refractivity contribution is 7.99. The smallest absolute Gasteiger partial charge is 0.0386 e. The van der Waals surface area contributed by atoms with Crippen molar-refractivity contribution in [2.75, 3.05) is 11.5 Å². The zero-order chi connectivity index (χ0) is 11.3. The van der Waals surface area contributed by atoms with E-state index in [1.807, 2.05) is 11.8 Å². The molecule has 0 heterocycles. The van der Waals surface area contributed by atoms with Gasteiger partial charge in [0.1, 0.15) is 0 Å². The fourth-order valence-electron chi connectivity index (χ4n) is 1.47. The normalized spacial score (nSPS) is 13.1. The molecule has 1 nitrogen and oxygen atoms in total. The minimum atomic E-state index is 0.177. The van der Waals surface area contributed by atoms with E-state index in [1.165, 1.54) is 11.1 Å². The molecule has 2 N–H and O–H groups in total. The Labute approximate surface area is 97.4 Å². The van der Waals surface area contributed by atoms with Crippen molar-refractivity contribution in [3.63, 3.8) is 0 Å². The van der Waals surface area contributed by atoms with E-state index in [9.17, 15) is 0 Å². The summed E-state index contributed by atoms with van der Waals surface area (Å²) in [6, 6.07) is 8.88. The summed E-state index contributed by atoms with van der Waals surface area (Å²) in [6.07, 6.45) is 0. The van der Waals surface area contributed by atoms with Crippen LogP contribution < -0.4 is 5.73 Å². The predicted molar refractivity (Wildman–Crippen MR) is 70.5 cm³/mol. The Kier molecular flexibility index (Phi) is 5.20. The van der Waals surface area contributed by atoms with Gasteiger partial charge in [0.25, 0.3) is 0 Å². The second-order valence-corrected chi connectivity index (χ2v) is 5.41. The monoisotopic (exact) mass is 223 g/mol. The van der Waals surface area contributed by atoms with Crippen LogP contribution in [0, 0.1) is 0 Å². The predicted octanol–water partition coefficient (Wildman–Crippen LogP) is 3.56. The fraction of sp³-hybridized carbons (Fsp3) is 0.538. The van der Waals surface area contributed by atoms with Crippen LogP contribution >= 0.6 is 11.8 Å². The van der Waals surface area contributed by atoms with Crippen molar-refractivity contribution in [3.8, 4) is 0 Å². The van der Waals surface area contributed by atoms with Gasteiger partial charge in [0.05, 0.1) is 0 Å². The molecular weight excluding hydrogens is 202 g/mol. The Bertz CT molecular complexity index is 279. The molecule has 1 aromatic rings. The molecule has 1 unspecified atom stereocenters. The molecule has 1 atom stereocenters. The Morgan fingerprint density at radius 1 is 1.13 bits per heavy atom. The van der Waals surface area contributed by atoms with Gasteiger partial charge in [-0.25, -0.2) is 0 Å². The fourth-order valence-corrected chi connectivity index (χ4v) is 2.15. The summed E-state index contributed by atoms with van der Waals surface area (Å²) in [5.74, 6) is 2.75. The van der Waals surface area contributed by atoms with Gasteiger partial charge >= 0.3 is 0 Å². The van der Waals surface area contributed by atoms with Crippen molar-refractivity contribution in [2.45, 2.75) is 32.7 Å². The van der Waals surface area contributed by atoms with Gasteiger partial charge in [0.2, 0.25) is 0 Å². The number of benzene rings is 1. The van der Waals surface area contributed by atoms with Crippen LogP contribution in [-0.4, -0.2) is 11.5 Å². The van der Waals surface area contributed by atoms with Gasteiger partial charge in [-0.3, -0.25) is 0 Å². The second-order valence-electron chi connectivity index (χ2n) is 4.09. The largest absolute Gasteiger partial charge is 0.323 e. The molecule has 1 rings (SSSR count). The third-order valence-corrected chi connectivity index (χ3v) is 3.54. The lowest BCUT2D eigenvalue weighted by molar-refractivity contribution is 0.822. The first kappa shape index (κ1) is 12.6. The topological polar surface area (TPSA) is 26.0 Å². The van der Waals surface area contributed by atoms with Crippen molar-refractivity contribution in [1.82, 2.24) is 0 Å². The number of rotatable bonds is 5. The second kappa shape index (κ2) is 6.19. The van der Waals surface area contributed by atoms with Gasteiger partial charge in [-0.2, -0.15) is 11.8 Å². The molecule has 0 amide bonds. The highest BCUT2D eigenvalue weighted by atomic mass is 32.2. The number of hydrogen-bond acceptors (Lipinski definition) is 2. The van der Waals surface area contributed by atoms with Gasteiger partial charge in [0.15, 0.2) is 0 Å². The molecule has 0 aromatic heterocycles. The molecule has 2 heteroatoms. The van der Waals surface area contributed by atoms with Crippen molar-refractivity contribution in [1.29, 1.82) is 0 Å². The van der Waals surface area contributed by atoms with Gasteiger partial charge < -0.3 is 5.73 Å². The lowest BCUT2D eigenvalue weighted by atomic mass is 10.00.